The van der Waals surface area contributed by atoms with Crippen LogP contribution in [0.2, 0.25) is 0 Å². The molecule has 8 rings (SSSR count). The molecular formula is C46H54N6O10S4. The molecule has 3 fully saturated rings. The maximum atomic E-state index is 14.1. The Morgan fingerprint density at radius 2 is 1.09 bits per heavy atom. The molecule has 20 heteroatoms. The lowest BCUT2D eigenvalue weighted by molar-refractivity contribution is 0.0264. The van der Waals surface area contributed by atoms with Crippen molar-refractivity contribution in [1.29, 1.82) is 0 Å². The zero-order chi connectivity index (χ0) is 46.9. The maximum absolute atomic E-state index is 14.1. The molecule has 0 spiro atoms. The van der Waals surface area contributed by atoms with Gasteiger partial charge < -0.3 is 19.3 Å². The summed E-state index contributed by atoms with van der Waals surface area (Å²) in [5.41, 5.74) is 1.97. The summed E-state index contributed by atoms with van der Waals surface area (Å²) in [4.78, 5) is 3.74. The molecule has 0 radical (unpaired) electrons. The van der Waals surface area contributed by atoms with Gasteiger partial charge in [-0.1, -0.05) is 42.5 Å². The number of para-hydroxylation sites is 5. The fourth-order valence-electron chi connectivity index (χ4n) is 8.42. The lowest BCUT2D eigenvalue weighted by Gasteiger charge is -2.40. The Morgan fingerprint density at radius 3 is 1.64 bits per heavy atom. The number of sulfonamides is 4. The number of nitrogens with one attached hydrogen (secondary N) is 2. The van der Waals surface area contributed by atoms with Crippen LogP contribution in [0.3, 0.4) is 0 Å². The van der Waals surface area contributed by atoms with Gasteiger partial charge in [-0.3, -0.25) is 9.44 Å². The molecule has 0 bridgehead atoms. The van der Waals surface area contributed by atoms with Gasteiger partial charge in [-0.05, 0) is 116 Å². The van der Waals surface area contributed by atoms with Crippen LogP contribution in [-0.4, -0.2) is 115 Å². The fourth-order valence-corrected chi connectivity index (χ4v) is 12.7. The van der Waals surface area contributed by atoms with E-state index in [0.717, 1.165) is 22.8 Å². The Labute approximate surface area is 388 Å². The van der Waals surface area contributed by atoms with Crippen molar-refractivity contribution >= 4 is 62.8 Å². The molecule has 2 aliphatic heterocycles. The second-order valence-electron chi connectivity index (χ2n) is 17.0. The molecule has 2 unspecified atom stereocenters. The second-order valence-corrected chi connectivity index (χ2v) is 24.6. The van der Waals surface area contributed by atoms with Crippen LogP contribution in [0.25, 0.3) is 0 Å². The van der Waals surface area contributed by atoms with Crippen LogP contribution >= 0.6 is 0 Å². The lowest BCUT2D eigenvalue weighted by atomic mass is 9.95. The summed E-state index contributed by atoms with van der Waals surface area (Å²) in [5.74, 6) is 0.844. The highest BCUT2D eigenvalue weighted by Crippen LogP contribution is 2.38. The number of morpholine rings is 1. The first-order chi connectivity index (χ1) is 31.4. The molecule has 352 valence electrons. The molecule has 3 aliphatic rings. The van der Waals surface area contributed by atoms with Gasteiger partial charge in [0.05, 0.1) is 61.6 Å². The number of hydrogen-bond donors (Lipinski definition) is 2. The zero-order valence-electron chi connectivity index (χ0n) is 36.8. The van der Waals surface area contributed by atoms with Crippen LogP contribution in [0.4, 0.5) is 22.7 Å². The topological polar surface area (TPSA) is 192 Å². The highest BCUT2D eigenvalue weighted by atomic mass is 32.2. The number of anilines is 4. The number of piperidine rings is 1. The number of hydrogen-bond acceptors (Lipinski definition) is 12. The molecule has 2 saturated heterocycles. The van der Waals surface area contributed by atoms with Crippen molar-refractivity contribution < 1.29 is 43.1 Å². The van der Waals surface area contributed by atoms with Crippen molar-refractivity contribution in [3.8, 4) is 5.75 Å². The van der Waals surface area contributed by atoms with Gasteiger partial charge in [0.15, 0.2) is 0 Å². The van der Waals surface area contributed by atoms with Crippen LogP contribution in [0.5, 0.6) is 5.75 Å². The van der Waals surface area contributed by atoms with Crippen LogP contribution in [0.1, 0.15) is 19.3 Å². The van der Waals surface area contributed by atoms with Gasteiger partial charge in [0.1, 0.15) is 11.9 Å². The first-order valence-corrected chi connectivity index (χ1v) is 27.4. The minimum absolute atomic E-state index is 0.0524. The van der Waals surface area contributed by atoms with E-state index in [-0.39, 0.29) is 43.8 Å². The van der Waals surface area contributed by atoms with E-state index in [9.17, 15) is 33.7 Å². The molecule has 66 heavy (non-hydrogen) atoms. The third kappa shape index (κ3) is 10.6. The summed E-state index contributed by atoms with van der Waals surface area (Å²) >= 11 is 0. The molecule has 1 aliphatic carbocycles. The Kier molecular flexibility index (Phi) is 13.7. The Balaban J connectivity index is 0.983. The van der Waals surface area contributed by atoms with Crippen LogP contribution < -0.4 is 24.0 Å². The molecule has 0 amide bonds. The highest BCUT2D eigenvalue weighted by molar-refractivity contribution is 7.93. The van der Waals surface area contributed by atoms with E-state index in [1.807, 2.05) is 47.4 Å². The first-order valence-electron chi connectivity index (χ1n) is 21.6. The molecular weight excluding hydrogens is 925 g/mol. The minimum Gasteiger partial charge on any atom is -0.489 e. The predicted octanol–water partition coefficient (Wildman–Crippen LogP) is 5.75. The predicted molar refractivity (Wildman–Crippen MR) is 254 cm³/mol. The average molecular weight is 979 g/mol. The van der Waals surface area contributed by atoms with Crippen molar-refractivity contribution in [2.45, 2.75) is 51.1 Å². The third-order valence-electron chi connectivity index (χ3n) is 12.0. The van der Waals surface area contributed by atoms with Crippen molar-refractivity contribution in [2.75, 3.05) is 79.7 Å². The van der Waals surface area contributed by atoms with Crippen LogP contribution in [-0.2, 0) is 44.8 Å². The van der Waals surface area contributed by atoms with Gasteiger partial charge in [0.25, 0.3) is 20.0 Å². The van der Waals surface area contributed by atoms with Gasteiger partial charge in [-0.25, -0.2) is 42.3 Å². The quantitative estimate of drug-likeness (QED) is 0.115. The van der Waals surface area contributed by atoms with Crippen LogP contribution in [0.15, 0.2) is 147 Å². The maximum Gasteiger partial charge on any atom is 0.261 e. The standard InChI is InChI=1S/C46H54N6O10S4/c1-49(2)65(57,58)40-23-19-38(20-24-40)64(55,56)48-43-14-8-10-16-45(43)52-31-34(29-37(32-52)62-36-11-5-4-6-12-36)30-50(3)66(59,60)41-25-21-39(22-26-41)63(53,54)47-42-13-7-9-15-44(42)51-27-28-61-46(33-51)35-17-18-35/h4-16,19-26,34-35,37,46-48H,17-18,27-33H2,1-3H3/t34?,37-,46?/m1/s1. The molecule has 16 nitrogen and oxygen atoms in total. The summed E-state index contributed by atoms with van der Waals surface area (Å²) in [6, 6.07) is 33.4. The minimum atomic E-state index is -4.19. The highest BCUT2D eigenvalue weighted by Gasteiger charge is 2.37. The SMILES string of the molecule is CN(C)S(=O)(=O)c1ccc(S(=O)(=O)Nc2ccccc2N2CC(CN(C)S(=O)(=O)c3ccc(S(=O)(=O)Nc4ccccc4N4CCOC(C5CC5)C4)cc3)C[C@@H](Oc3ccccc3)C2)cc1. The molecule has 2 N–H and O–H groups in total. The van der Waals surface area contributed by atoms with Gasteiger partial charge >= 0.3 is 0 Å². The number of benzene rings is 5. The molecule has 1 saturated carbocycles. The molecule has 5 aromatic rings. The van der Waals surface area contributed by atoms with Gasteiger partial charge in [-0.15, -0.1) is 0 Å². The summed E-state index contributed by atoms with van der Waals surface area (Å²) < 4.78 is 128. The van der Waals surface area contributed by atoms with Crippen molar-refractivity contribution in [3.05, 3.63) is 127 Å². The summed E-state index contributed by atoms with van der Waals surface area (Å²) in [6.45, 7) is 2.59. The normalized spacial score (nSPS) is 19.7. The summed E-state index contributed by atoms with van der Waals surface area (Å²) in [6.07, 6.45) is 2.42. The molecule has 3 atom stereocenters. The third-order valence-corrected chi connectivity index (χ3v) is 18.5. The van der Waals surface area contributed by atoms with Crippen LogP contribution in [0, 0.1) is 11.8 Å². The van der Waals surface area contributed by atoms with E-state index in [0.29, 0.717) is 62.2 Å². The Bertz CT molecular complexity index is 2960. The van der Waals surface area contributed by atoms with E-state index >= 15 is 0 Å². The van der Waals surface area contributed by atoms with Crippen molar-refractivity contribution in [1.82, 2.24) is 8.61 Å². The zero-order valence-corrected chi connectivity index (χ0v) is 40.1. The van der Waals surface area contributed by atoms with E-state index in [2.05, 4.69) is 14.3 Å². The Hall–Kier alpha value is -5.22. The first kappa shape index (κ1) is 47.3. The van der Waals surface area contributed by atoms with Gasteiger partial charge in [0.2, 0.25) is 20.0 Å². The smallest absolute Gasteiger partial charge is 0.261 e. The number of ether oxygens (including phenoxy) is 2. The van der Waals surface area contributed by atoms with Gasteiger partial charge in [-0.2, -0.15) is 0 Å². The largest absolute Gasteiger partial charge is 0.489 e. The van der Waals surface area contributed by atoms with Crippen molar-refractivity contribution in [3.63, 3.8) is 0 Å². The molecule has 2 heterocycles. The van der Waals surface area contributed by atoms with E-state index in [1.54, 1.807) is 36.4 Å². The average Bonchev–Trinajstić information content (AvgIpc) is 4.16. The summed E-state index contributed by atoms with van der Waals surface area (Å²) in [7, 11) is -11.9. The molecule has 0 aromatic heterocycles. The van der Waals surface area contributed by atoms with E-state index in [1.165, 1.54) is 74.0 Å². The fraction of sp³-hybridized carbons (Fsp3) is 0.348. The van der Waals surface area contributed by atoms with Crippen molar-refractivity contribution in [2.24, 2.45) is 11.8 Å². The number of rotatable bonds is 17. The Morgan fingerprint density at radius 1 is 0.591 bits per heavy atom. The van der Waals surface area contributed by atoms with E-state index in [4.69, 9.17) is 9.47 Å². The molecule has 5 aromatic carbocycles. The lowest BCUT2D eigenvalue weighted by Crippen LogP contribution is -2.49. The monoisotopic (exact) mass is 978 g/mol. The number of nitrogens with zero attached hydrogens (tertiary/aromatic N) is 4. The van der Waals surface area contributed by atoms with E-state index < -0.39 is 46.2 Å². The second kappa shape index (κ2) is 19.2. The van der Waals surface area contributed by atoms with Gasteiger partial charge in [0, 0.05) is 47.3 Å². The summed E-state index contributed by atoms with van der Waals surface area (Å²) in [5, 5.41) is 0.